The Morgan fingerprint density at radius 1 is 1.23 bits per heavy atom. The summed E-state index contributed by atoms with van der Waals surface area (Å²) >= 11 is 2.64. The van der Waals surface area contributed by atoms with Crippen LogP contribution in [0.15, 0.2) is 69.9 Å². The SMILES string of the molecule is N#CCSc1ccccc1NC(=O)Cn1cnc2scc(-c3ccc(F)cc3)c2c1=O. The van der Waals surface area contributed by atoms with Gasteiger partial charge in [-0.05, 0) is 29.8 Å². The molecule has 2 heterocycles. The number of carbonyl (C=O) groups excluding carboxylic acids is 1. The second-order valence-electron chi connectivity index (χ2n) is 6.51. The molecule has 31 heavy (non-hydrogen) atoms. The summed E-state index contributed by atoms with van der Waals surface area (Å²) in [4.78, 5) is 31.3. The molecule has 0 radical (unpaired) electrons. The van der Waals surface area contributed by atoms with Gasteiger partial charge >= 0.3 is 0 Å². The summed E-state index contributed by atoms with van der Waals surface area (Å²) in [6.45, 7) is -0.211. The normalized spacial score (nSPS) is 10.7. The average molecular weight is 451 g/mol. The highest BCUT2D eigenvalue weighted by molar-refractivity contribution is 7.99. The highest BCUT2D eigenvalue weighted by Crippen LogP contribution is 2.31. The van der Waals surface area contributed by atoms with Crippen LogP contribution in [0, 0.1) is 17.1 Å². The molecule has 0 aliphatic rings. The molecule has 4 aromatic rings. The average Bonchev–Trinajstić information content (AvgIpc) is 3.20. The Morgan fingerprint density at radius 2 is 2.00 bits per heavy atom. The summed E-state index contributed by atoms with van der Waals surface area (Å²) in [6, 6.07) is 15.1. The third-order valence-electron chi connectivity index (χ3n) is 4.48. The number of anilines is 1. The molecule has 154 valence electrons. The van der Waals surface area contributed by atoms with Crippen molar-refractivity contribution in [3.05, 3.63) is 76.4 Å². The van der Waals surface area contributed by atoms with E-state index in [-0.39, 0.29) is 29.6 Å². The first-order chi connectivity index (χ1) is 15.1. The van der Waals surface area contributed by atoms with Crippen molar-refractivity contribution < 1.29 is 9.18 Å². The van der Waals surface area contributed by atoms with Crippen LogP contribution in [0.1, 0.15) is 0 Å². The van der Waals surface area contributed by atoms with Crippen LogP contribution >= 0.6 is 23.1 Å². The van der Waals surface area contributed by atoms with Crippen molar-refractivity contribution >= 4 is 44.9 Å². The van der Waals surface area contributed by atoms with Gasteiger partial charge in [0.15, 0.2) is 0 Å². The summed E-state index contributed by atoms with van der Waals surface area (Å²) in [5.41, 5.74) is 1.60. The van der Waals surface area contributed by atoms with E-state index in [1.165, 1.54) is 46.1 Å². The van der Waals surface area contributed by atoms with E-state index in [2.05, 4.69) is 16.4 Å². The van der Waals surface area contributed by atoms with Crippen LogP contribution in [0.2, 0.25) is 0 Å². The number of carbonyl (C=O) groups is 1. The molecular formula is C22H15FN4O2S2. The molecule has 2 aromatic heterocycles. The fraction of sp³-hybridized carbons (Fsp3) is 0.0909. The zero-order chi connectivity index (χ0) is 21.8. The molecule has 9 heteroatoms. The Bertz CT molecular complexity index is 1360. The number of para-hydroxylation sites is 1. The highest BCUT2D eigenvalue weighted by atomic mass is 32.2. The zero-order valence-electron chi connectivity index (χ0n) is 16.0. The Morgan fingerprint density at radius 3 is 2.77 bits per heavy atom. The van der Waals surface area contributed by atoms with Crippen molar-refractivity contribution in [1.82, 2.24) is 9.55 Å². The van der Waals surface area contributed by atoms with Crippen molar-refractivity contribution in [3.8, 4) is 17.2 Å². The van der Waals surface area contributed by atoms with Gasteiger partial charge in [0.05, 0.1) is 29.2 Å². The summed E-state index contributed by atoms with van der Waals surface area (Å²) in [6.07, 6.45) is 1.35. The molecular weight excluding hydrogens is 435 g/mol. The summed E-state index contributed by atoms with van der Waals surface area (Å²) in [5, 5.41) is 13.8. The van der Waals surface area contributed by atoms with Crippen LogP contribution in [0.3, 0.4) is 0 Å². The second kappa shape index (κ2) is 9.12. The van der Waals surface area contributed by atoms with E-state index in [1.807, 2.05) is 12.1 Å². The van der Waals surface area contributed by atoms with Crippen LogP contribution in [-0.4, -0.2) is 21.2 Å². The van der Waals surface area contributed by atoms with E-state index in [4.69, 9.17) is 5.26 Å². The molecule has 0 aliphatic heterocycles. The van der Waals surface area contributed by atoms with Crippen LogP contribution in [-0.2, 0) is 11.3 Å². The highest BCUT2D eigenvalue weighted by Gasteiger charge is 2.15. The molecule has 0 saturated carbocycles. The van der Waals surface area contributed by atoms with Gasteiger partial charge in [0.2, 0.25) is 5.91 Å². The predicted octanol–water partition coefficient (Wildman–Crippen LogP) is 4.52. The van der Waals surface area contributed by atoms with E-state index in [1.54, 1.807) is 29.6 Å². The van der Waals surface area contributed by atoms with Gasteiger partial charge in [0, 0.05) is 15.8 Å². The Labute approximate surface area is 185 Å². The van der Waals surface area contributed by atoms with Crippen molar-refractivity contribution in [2.45, 2.75) is 11.4 Å². The van der Waals surface area contributed by atoms with Crippen LogP contribution in [0.5, 0.6) is 0 Å². The molecule has 0 aliphatic carbocycles. The first kappa shape index (κ1) is 20.8. The largest absolute Gasteiger partial charge is 0.324 e. The minimum absolute atomic E-state index is 0.211. The number of nitrogens with one attached hydrogen (secondary N) is 1. The molecule has 4 rings (SSSR count). The van der Waals surface area contributed by atoms with E-state index in [0.717, 1.165) is 4.90 Å². The molecule has 0 spiro atoms. The lowest BCUT2D eigenvalue weighted by Crippen LogP contribution is -2.28. The van der Waals surface area contributed by atoms with Crippen LogP contribution in [0.4, 0.5) is 10.1 Å². The summed E-state index contributed by atoms with van der Waals surface area (Å²) in [5.74, 6) is -0.479. The van der Waals surface area contributed by atoms with Crippen molar-refractivity contribution in [1.29, 1.82) is 5.26 Å². The third-order valence-corrected chi connectivity index (χ3v) is 6.31. The fourth-order valence-corrected chi connectivity index (χ4v) is 4.65. The number of benzene rings is 2. The maximum absolute atomic E-state index is 13.3. The topological polar surface area (TPSA) is 87.8 Å². The van der Waals surface area contributed by atoms with Gasteiger partial charge in [-0.25, -0.2) is 9.37 Å². The van der Waals surface area contributed by atoms with Gasteiger partial charge in [0.1, 0.15) is 17.2 Å². The van der Waals surface area contributed by atoms with Crippen LogP contribution in [0.25, 0.3) is 21.3 Å². The Balaban J connectivity index is 1.61. The quantitative estimate of drug-likeness (QED) is 0.437. The molecule has 0 saturated heterocycles. The smallest absolute Gasteiger partial charge is 0.263 e. The van der Waals surface area contributed by atoms with E-state index < -0.39 is 0 Å². The number of nitrogens with zero attached hydrogens (tertiary/aromatic N) is 3. The number of thioether (sulfide) groups is 1. The van der Waals surface area contributed by atoms with Crippen molar-refractivity contribution in [2.24, 2.45) is 0 Å². The predicted molar refractivity (Wildman–Crippen MR) is 121 cm³/mol. The number of halogens is 1. The van der Waals surface area contributed by atoms with E-state index >= 15 is 0 Å². The van der Waals surface area contributed by atoms with E-state index in [9.17, 15) is 14.0 Å². The number of aromatic nitrogens is 2. The number of rotatable bonds is 6. The van der Waals surface area contributed by atoms with Gasteiger partial charge in [-0.1, -0.05) is 24.3 Å². The second-order valence-corrected chi connectivity index (χ2v) is 8.38. The maximum atomic E-state index is 13.3. The first-order valence-electron chi connectivity index (χ1n) is 9.18. The molecule has 0 unspecified atom stereocenters. The maximum Gasteiger partial charge on any atom is 0.263 e. The molecule has 0 atom stereocenters. The number of thiophene rings is 1. The zero-order valence-corrected chi connectivity index (χ0v) is 17.7. The number of nitriles is 1. The standard InChI is InChI=1S/C22H15FN4O2S2/c23-15-7-5-14(6-8-15)16-12-31-21-20(16)22(29)27(13-25-21)11-19(28)26-17-3-1-2-4-18(17)30-10-9-24/h1-8,12-13H,10-11H2,(H,26,28). The molecule has 0 fully saturated rings. The van der Waals surface area contributed by atoms with Gasteiger partial charge in [-0.3, -0.25) is 14.2 Å². The number of fused-ring (bicyclic) bond motifs is 1. The first-order valence-corrected chi connectivity index (χ1v) is 11.0. The van der Waals surface area contributed by atoms with Crippen LogP contribution < -0.4 is 10.9 Å². The molecule has 6 nitrogen and oxygen atoms in total. The minimum atomic E-state index is -0.383. The van der Waals surface area contributed by atoms with Gasteiger partial charge < -0.3 is 5.32 Å². The van der Waals surface area contributed by atoms with Crippen molar-refractivity contribution in [3.63, 3.8) is 0 Å². The fourth-order valence-electron chi connectivity index (χ4n) is 3.07. The third kappa shape index (κ3) is 4.50. The van der Waals surface area contributed by atoms with E-state index in [0.29, 0.717) is 27.0 Å². The Kier molecular flexibility index (Phi) is 6.11. The van der Waals surface area contributed by atoms with Gasteiger partial charge in [-0.15, -0.1) is 23.1 Å². The summed E-state index contributed by atoms with van der Waals surface area (Å²) in [7, 11) is 0. The monoisotopic (exact) mass is 450 g/mol. The molecule has 1 N–H and O–H groups in total. The molecule has 0 bridgehead atoms. The molecule has 2 aromatic carbocycles. The van der Waals surface area contributed by atoms with Crippen molar-refractivity contribution in [2.75, 3.05) is 11.1 Å². The Hall–Kier alpha value is -3.48. The van der Waals surface area contributed by atoms with Gasteiger partial charge in [0.25, 0.3) is 5.56 Å². The lowest BCUT2D eigenvalue weighted by atomic mass is 10.1. The number of amides is 1. The minimum Gasteiger partial charge on any atom is -0.324 e. The van der Waals surface area contributed by atoms with Gasteiger partial charge in [-0.2, -0.15) is 5.26 Å². The molecule has 1 amide bonds. The number of hydrogen-bond donors (Lipinski definition) is 1. The lowest BCUT2D eigenvalue weighted by molar-refractivity contribution is -0.116. The summed E-state index contributed by atoms with van der Waals surface area (Å²) < 4.78 is 14.5. The number of hydrogen-bond acceptors (Lipinski definition) is 6. The lowest BCUT2D eigenvalue weighted by Gasteiger charge is -2.11.